The number of nitrogens with zero attached hydrogens (tertiary/aromatic N) is 1. The first kappa shape index (κ1) is 25.0. The van der Waals surface area contributed by atoms with E-state index in [1.807, 2.05) is 6.92 Å². The van der Waals surface area contributed by atoms with Crippen molar-refractivity contribution < 1.29 is 13.2 Å². The predicted octanol–water partition coefficient (Wildman–Crippen LogP) is 5.34. The van der Waals surface area contributed by atoms with E-state index in [1.165, 1.54) is 15.4 Å². The highest BCUT2D eigenvalue weighted by molar-refractivity contribution is 7.88. The third-order valence-corrected chi connectivity index (χ3v) is 8.83. The van der Waals surface area contributed by atoms with Crippen molar-refractivity contribution in [3.63, 3.8) is 0 Å². The average molecular weight is 497 g/mol. The Kier molecular flexibility index (Phi) is 7.92. The fourth-order valence-electron chi connectivity index (χ4n) is 4.20. The Bertz CT molecular complexity index is 1090. The van der Waals surface area contributed by atoms with E-state index >= 15 is 0 Å². The highest BCUT2D eigenvalue weighted by Gasteiger charge is 2.32. The summed E-state index contributed by atoms with van der Waals surface area (Å²) < 4.78 is 27.2. The Morgan fingerprint density at radius 2 is 1.62 bits per heavy atom. The number of hydrogen-bond acceptors (Lipinski definition) is 3. The molecule has 5 nitrogen and oxygen atoms in total. The average Bonchev–Trinajstić information content (AvgIpc) is 2.73. The first-order chi connectivity index (χ1) is 15.0. The molecule has 1 aliphatic heterocycles. The smallest absolute Gasteiger partial charge is 0.223 e. The van der Waals surface area contributed by atoms with Crippen molar-refractivity contribution in [1.29, 1.82) is 0 Å². The van der Waals surface area contributed by atoms with Crippen LogP contribution < -0.4 is 5.32 Å². The number of carbonyl (C=O) groups excluding carboxylic acids is 1. The van der Waals surface area contributed by atoms with Gasteiger partial charge in [-0.2, -0.15) is 0 Å². The second kappa shape index (κ2) is 10.1. The van der Waals surface area contributed by atoms with Gasteiger partial charge in [0.25, 0.3) is 0 Å². The summed E-state index contributed by atoms with van der Waals surface area (Å²) in [4.78, 5) is 12.9. The molecule has 0 saturated carbocycles. The first-order valence-electron chi connectivity index (χ1n) is 10.8. The van der Waals surface area contributed by atoms with Gasteiger partial charge in [0, 0.05) is 34.6 Å². The number of halogens is 2. The molecule has 1 N–H and O–H groups in total. The third-order valence-electron chi connectivity index (χ3n) is 6.31. The molecule has 1 aliphatic rings. The number of piperidine rings is 1. The van der Waals surface area contributed by atoms with E-state index in [2.05, 4.69) is 38.2 Å². The SMILES string of the molecule is Cc1cc(C)c([C@H](C)NC(=O)C2CCN(S(=O)(=O)Cc3c(Cl)cccc3Cl)CC2)cc1C. The van der Waals surface area contributed by atoms with Crippen LogP contribution in [0.2, 0.25) is 10.0 Å². The monoisotopic (exact) mass is 496 g/mol. The van der Waals surface area contributed by atoms with E-state index in [0.29, 0.717) is 41.5 Å². The molecule has 0 spiro atoms. The minimum Gasteiger partial charge on any atom is -0.349 e. The van der Waals surface area contributed by atoms with Gasteiger partial charge in [0.05, 0.1) is 11.8 Å². The van der Waals surface area contributed by atoms with Crippen molar-refractivity contribution in [2.75, 3.05) is 13.1 Å². The summed E-state index contributed by atoms with van der Waals surface area (Å²) in [6.45, 7) is 8.80. The van der Waals surface area contributed by atoms with Gasteiger partial charge in [-0.1, -0.05) is 41.4 Å². The molecular weight excluding hydrogens is 467 g/mol. The van der Waals surface area contributed by atoms with Crippen molar-refractivity contribution in [3.8, 4) is 0 Å². The van der Waals surface area contributed by atoms with Crippen LogP contribution in [-0.4, -0.2) is 31.7 Å². The van der Waals surface area contributed by atoms with Crippen LogP contribution in [0.25, 0.3) is 0 Å². The zero-order valence-electron chi connectivity index (χ0n) is 18.9. The van der Waals surface area contributed by atoms with E-state index in [-0.39, 0.29) is 23.6 Å². The van der Waals surface area contributed by atoms with Crippen molar-refractivity contribution >= 4 is 39.1 Å². The number of hydrogen-bond donors (Lipinski definition) is 1. The van der Waals surface area contributed by atoms with Crippen molar-refractivity contribution in [1.82, 2.24) is 9.62 Å². The van der Waals surface area contributed by atoms with Gasteiger partial charge in [0.2, 0.25) is 15.9 Å². The van der Waals surface area contributed by atoms with Gasteiger partial charge < -0.3 is 5.32 Å². The molecule has 0 radical (unpaired) electrons. The maximum absolute atomic E-state index is 12.9. The van der Waals surface area contributed by atoms with Crippen molar-refractivity contribution in [3.05, 3.63) is 68.2 Å². The van der Waals surface area contributed by atoms with Crippen LogP contribution in [0.15, 0.2) is 30.3 Å². The van der Waals surface area contributed by atoms with Crippen LogP contribution in [-0.2, 0) is 20.6 Å². The fraction of sp³-hybridized carbons (Fsp3) is 0.458. The normalized spacial score (nSPS) is 16.7. The largest absolute Gasteiger partial charge is 0.349 e. The van der Waals surface area contributed by atoms with Crippen LogP contribution >= 0.6 is 23.2 Å². The summed E-state index contributed by atoms with van der Waals surface area (Å²) in [6.07, 6.45) is 0.972. The maximum Gasteiger partial charge on any atom is 0.223 e. The molecule has 1 fully saturated rings. The Morgan fingerprint density at radius 3 is 2.22 bits per heavy atom. The molecule has 1 atom stereocenters. The maximum atomic E-state index is 12.9. The minimum absolute atomic E-state index is 0.0266. The zero-order chi connectivity index (χ0) is 23.6. The number of amides is 1. The summed E-state index contributed by atoms with van der Waals surface area (Å²) in [7, 11) is -3.58. The number of carbonyl (C=O) groups is 1. The van der Waals surface area contributed by atoms with E-state index in [0.717, 1.165) is 11.1 Å². The molecule has 8 heteroatoms. The molecule has 32 heavy (non-hydrogen) atoms. The molecule has 0 bridgehead atoms. The second-order valence-corrected chi connectivity index (χ2v) is 11.4. The highest BCUT2D eigenvalue weighted by Crippen LogP contribution is 2.29. The van der Waals surface area contributed by atoms with E-state index in [9.17, 15) is 13.2 Å². The summed E-state index contributed by atoms with van der Waals surface area (Å²) in [5, 5.41) is 3.80. The fourth-order valence-corrected chi connectivity index (χ4v) is 6.51. The second-order valence-electron chi connectivity index (χ2n) is 8.65. The van der Waals surface area contributed by atoms with Gasteiger partial charge in [-0.25, -0.2) is 12.7 Å². The third kappa shape index (κ3) is 5.66. The summed E-state index contributed by atoms with van der Waals surface area (Å²) in [6, 6.07) is 9.12. The van der Waals surface area contributed by atoms with Gasteiger partial charge in [-0.15, -0.1) is 0 Å². The molecule has 174 valence electrons. The Labute approximate surface area is 201 Å². The topological polar surface area (TPSA) is 66.5 Å². The molecule has 1 saturated heterocycles. The highest BCUT2D eigenvalue weighted by atomic mass is 35.5. The molecule has 2 aromatic rings. The lowest BCUT2D eigenvalue weighted by molar-refractivity contribution is -0.126. The number of aryl methyl sites for hydroxylation is 3. The zero-order valence-corrected chi connectivity index (χ0v) is 21.2. The molecular formula is C24H30Cl2N2O3S. The molecule has 3 rings (SSSR count). The lowest BCUT2D eigenvalue weighted by Gasteiger charge is -2.31. The Morgan fingerprint density at radius 1 is 1.06 bits per heavy atom. The van der Waals surface area contributed by atoms with Crippen LogP contribution in [0, 0.1) is 26.7 Å². The van der Waals surface area contributed by atoms with Gasteiger partial charge in [-0.05, 0) is 74.9 Å². The number of rotatable bonds is 6. The van der Waals surface area contributed by atoms with Crippen molar-refractivity contribution in [2.45, 2.75) is 52.3 Å². The molecule has 0 aliphatic carbocycles. The molecule has 0 aromatic heterocycles. The van der Waals surface area contributed by atoms with Crippen LogP contribution in [0.5, 0.6) is 0 Å². The standard InChI is InChI=1S/C24H30Cl2N2O3S/c1-15-12-17(3)20(13-16(15)2)18(4)27-24(29)19-8-10-28(11-9-19)32(30,31)14-21-22(25)6-5-7-23(21)26/h5-7,12-13,18-19H,8-11,14H2,1-4H3,(H,27,29)/t18-/m0/s1. The Hall–Kier alpha value is -1.60. The predicted molar refractivity (Wildman–Crippen MR) is 131 cm³/mol. The lowest BCUT2D eigenvalue weighted by atomic mass is 9.94. The van der Waals surface area contributed by atoms with Crippen LogP contribution in [0.4, 0.5) is 0 Å². The Balaban J connectivity index is 1.60. The number of benzene rings is 2. The van der Waals surface area contributed by atoms with Gasteiger partial charge in [-0.3, -0.25) is 4.79 Å². The van der Waals surface area contributed by atoms with Gasteiger partial charge in [0.1, 0.15) is 0 Å². The summed E-state index contributed by atoms with van der Waals surface area (Å²) in [5.41, 5.74) is 5.10. The van der Waals surface area contributed by atoms with Crippen LogP contribution in [0.3, 0.4) is 0 Å². The molecule has 1 amide bonds. The van der Waals surface area contributed by atoms with Crippen LogP contribution in [0.1, 0.15) is 53.6 Å². The quantitative estimate of drug-likeness (QED) is 0.586. The number of sulfonamides is 1. The van der Waals surface area contributed by atoms with E-state index in [1.54, 1.807) is 18.2 Å². The summed E-state index contributed by atoms with van der Waals surface area (Å²) in [5.74, 6) is -0.480. The molecule has 0 unspecified atom stereocenters. The van der Waals surface area contributed by atoms with Gasteiger partial charge in [0.15, 0.2) is 0 Å². The van der Waals surface area contributed by atoms with E-state index in [4.69, 9.17) is 23.2 Å². The molecule has 1 heterocycles. The van der Waals surface area contributed by atoms with Gasteiger partial charge >= 0.3 is 0 Å². The number of nitrogens with one attached hydrogen (secondary N) is 1. The van der Waals surface area contributed by atoms with Crippen molar-refractivity contribution in [2.24, 2.45) is 5.92 Å². The van der Waals surface area contributed by atoms with E-state index < -0.39 is 10.0 Å². The molecule has 2 aromatic carbocycles. The lowest BCUT2D eigenvalue weighted by Crippen LogP contribution is -2.43. The minimum atomic E-state index is -3.58. The summed E-state index contributed by atoms with van der Waals surface area (Å²) >= 11 is 12.3. The first-order valence-corrected chi connectivity index (χ1v) is 13.1.